The molecule has 1 saturated heterocycles. The number of halogens is 3. The molecule has 0 aliphatic carbocycles. The van der Waals surface area contributed by atoms with Gasteiger partial charge in [0.25, 0.3) is 0 Å². The van der Waals surface area contributed by atoms with Crippen LogP contribution in [0.2, 0.25) is 0 Å². The van der Waals surface area contributed by atoms with Gasteiger partial charge in [-0.25, -0.2) is 4.98 Å². The molecule has 1 aromatic carbocycles. The molecule has 1 atom stereocenters. The first-order valence-corrected chi connectivity index (χ1v) is 10.2. The molecular weight excluding hydrogens is 407 g/mol. The second-order valence-corrected chi connectivity index (χ2v) is 7.75. The number of amides is 1. The quantitative estimate of drug-likeness (QED) is 0.672. The Morgan fingerprint density at radius 1 is 1.10 bits per heavy atom. The van der Waals surface area contributed by atoms with Gasteiger partial charge in [0.2, 0.25) is 5.91 Å². The molecule has 2 aromatic heterocycles. The zero-order chi connectivity index (χ0) is 22.0. The summed E-state index contributed by atoms with van der Waals surface area (Å²) in [7, 11) is 0. The molecule has 0 unspecified atom stereocenters. The fourth-order valence-corrected chi connectivity index (χ4v) is 3.76. The van der Waals surface area contributed by atoms with Crippen LogP contribution < -0.4 is 5.32 Å². The Bertz CT molecular complexity index is 1010. The van der Waals surface area contributed by atoms with Crippen molar-refractivity contribution in [3.05, 3.63) is 66.1 Å². The normalized spacial score (nSPS) is 17.0. The number of alkyl halides is 3. The number of aromatic nitrogens is 2. The second kappa shape index (κ2) is 8.68. The SMILES string of the molecule is C[C@H](C(=O)Nc1ccc(C(F)(F)F)cc1)N1CCN(Cc2cn3ccccc3n2)CC1. The predicted molar refractivity (Wildman–Crippen MR) is 112 cm³/mol. The van der Waals surface area contributed by atoms with Crippen LogP contribution in [0.3, 0.4) is 0 Å². The Morgan fingerprint density at radius 3 is 2.45 bits per heavy atom. The van der Waals surface area contributed by atoms with Gasteiger partial charge in [-0.15, -0.1) is 0 Å². The minimum atomic E-state index is -4.39. The Labute approximate surface area is 178 Å². The van der Waals surface area contributed by atoms with Crippen molar-refractivity contribution in [2.75, 3.05) is 31.5 Å². The number of imidazole rings is 1. The molecule has 6 nitrogen and oxygen atoms in total. The minimum absolute atomic E-state index is 0.228. The summed E-state index contributed by atoms with van der Waals surface area (Å²) in [5.41, 5.74) is 1.55. The average molecular weight is 431 g/mol. The molecular formula is C22H24F3N5O. The maximum Gasteiger partial charge on any atom is 0.416 e. The Hall–Kier alpha value is -2.91. The third kappa shape index (κ3) is 5.05. The first-order chi connectivity index (χ1) is 14.8. The molecule has 1 aliphatic rings. The van der Waals surface area contributed by atoms with Gasteiger partial charge in [0, 0.05) is 50.8 Å². The topological polar surface area (TPSA) is 52.9 Å². The fraction of sp³-hybridized carbons (Fsp3) is 0.364. The highest BCUT2D eigenvalue weighted by molar-refractivity contribution is 5.94. The van der Waals surface area contributed by atoms with Gasteiger partial charge in [0.15, 0.2) is 0 Å². The van der Waals surface area contributed by atoms with Crippen LogP contribution in [0.15, 0.2) is 54.9 Å². The van der Waals surface area contributed by atoms with Gasteiger partial charge in [-0.2, -0.15) is 13.2 Å². The van der Waals surface area contributed by atoms with Gasteiger partial charge in [0.05, 0.1) is 17.3 Å². The third-order valence-corrected chi connectivity index (χ3v) is 5.61. The van der Waals surface area contributed by atoms with Crippen LogP contribution in [0.4, 0.5) is 18.9 Å². The standard InChI is InChI=1S/C22H24F3N5O/c1-16(21(31)27-18-7-5-17(6-8-18)22(23,24)25)29-12-10-28(11-13-29)14-19-15-30-9-3-2-4-20(30)26-19/h2-9,15-16H,10-14H2,1H3,(H,27,31)/t16-/m1/s1. The molecule has 0 bridgehead atoms. The van der Waals surface area contributed by atoms with E-state index in [0.717, 1.165) is 56.2 Å². The molecule has 3 aromatic rings. The molecule has 0 spiro atoms. The number of piperazine rings is 1. The van der Waals surface area contributed by atoms with E-state index in [2.05, 4.69) is 20.1 Å². The lowest BCUT2D eigenvalue weighted by atomic mass is 10.1. The maximum atomic E-state index is 12.7. The minimum Gasteiger partial charge on any atom is -0.325 e. The summed E-state index contributed by atoms with van der Waals surface area (Å²) in [4.78, 5) is 21.6. The number of nitrogens with one attached hydrogen (secondary N) is 1. The van der Waals surface area contributed by atoms with Crippen molar-refractivity contribution in [1.29, 1.82) is 0 Å². The average Bonchev–Trinajstić information content (AvgIpc) is 3.16. The van der Waals surface area contributed by atoms with E-state index >= 15 is 0 Å². The van der Waals surface area contributed by atoms with Crippen LogP contribution >= 0.6 is 0 Å². The molecule has 1 fully saturated rings. The van der Waals surface area contributed by atoms with E-state index in [-0.39, 0.29) is 11.9 Å². The van der Waals surface area contributed by atoms with Crippen LogP contribution in [0, 0.1) is 0 Å². The van der Waals surface area contributed by atoms with E-state index in [1.807, 2.05) is 41.9 Å². The van der Waals surface area contributed by atoms with Crippen molar-refractivity contribution in [3.63, 3.8) is 0 Å². The zero-order valence-corrected chi connectivity index (χ0v) is 17.1. The van der Waals surface area contributed by atoms with Gasteiger partial charge in [-0.1, -0.05) is 6.07 Å². The lowest BCUT2D eigenvalue weighted by Gasteiger charge is -2.37. The van der Waals surface area contributed by atoms with Gasteiger partial charge >= 0.3 is 6.18 Å². The molecule has 164 valence electrons. The molecule has 0 radical (unpaired) electrons. The van der Waals surface area contributed by atoms with E-state index in [0.29, 0.717) is 5.69 Å². The summed E-state index contributed by atoms with van der Waals surface area (Å²) in [6.07, 6.45) is -0.388. The Kier molecular flexibility index (Phi) is 5.97. The Morgan fingerprint density at radius 2 is 1.81 bits per heavy atom. The number of carbonyl (C=O) groups is 1. The summed E-state index contributed by atoms with van der Waals surface area (Å²) in [6, 6.07) is 10.0. The van der Waals surface area contributed by atoms with E-state index < -0.39 is 11.7 Å². The largest absolute Gasteiger partial charge is 0.416 e. The van der Waals surface area contributed by atoms with E-state index in [1.54, 1.807) is 0 Å². The van der Waals surface area contributed by atoms with Gasteiger partial charge < -0.3 is 9.72 Å². The molecule has 0 saturated carbocycles. The molecule has 4 rings (SSSR count). The number of carbonyl (C=O) groups excluding carboxylic acids is 1. The zero-order valence-electron chi connectivity index (χ0n) is 17.1. The molecule has 1 aliphatic heterocycles. The fourth-order valence-electron chi connectivity index (χ4n) is 3.76. The van der Waals surface area contributed by atoms with Crippen LogP contribution in [0.25, 0.3) is 5.65 Å². The number of pyridine rings is 1. The first-order valence-electron chi connectivity index (χ1n) is 10.2. The number of nitrogens with zero attached hydrogens (tertiary/aromatic N) is 4. The van der Waals surface area contributed by atoms with E-state index in [1.165, 1.54) is 12.1 Å². The third-order valence-electron chi connectivity index (χ3n) is 5.61. The summed E-state index contributed by atoms with van der Waals surface area (Å²) >= 11 is 0. The first kappa shape index (κ1) is 21.3. The van der Waals surface area contributed by atoms with E-state index in [4.69, 9.17) is 0 Å². The summed E-state index contributed by atoms with van der Waals surface area (Å²) in [5.74, 6) is -0.228. The number of fused-ring (bicyclic) bond motifs is 1. The van der Waals surface area contributed by atoms with Crippen LogP contribution in [-0.2, 0) is 17.5 Å². The van der Waals surface area contributed by atoms with Crippen LogP contribution in [0.1, 0.15) is 18.2 Å². The van der Waals surface area contributed by atoms with Crippen molar-refractivity contribution >= 4 is 17.2 Å². The highest BCUT2D eigenvalue weighted by atomic mass is 19.4. The van der Waals surface area contributed by atoms with Crippen molar-refractivity contribution in [2.45, 2.75) is 25.7 Å². The molecule has 9 heteroatoms. The van der Waals surface area contributed by atoms with Crippen molar-refractivity contribution < 1.29 is 18.0 Å². The molecule has 31 heavy (non-hydrogen) atoms. The van der Waals surface area contributed by atoms with Gasteiger partial charge in [-0.3, -0.25) is 14.6 Å². The van der Waals surface area contributed by atoms with Crippen LogP contribution in [0.5, 0.6) is 0 Å². The highest BCUT2D eigenvalue weighted by Gasteiger charge is 2.30. The number of anilines is 1. The van der Waals surface area contributed by atoms with Gasteiger partial charge in [-0.05, 0) is 43.3 Å². The van der Waals surface area contributed by atoms with Crippen molar-refractivity contribution in [1.82, 2.24) is 19.2 Å². The lowest BCUT2D eigenvalue weighted by Crippen LogP contribution is -2.52. The van der Waals surface area contributed by atoms with Crippen molar-refractivity contribution in [2.24, 2.45) is 0 Å². The molecule has 1 amide bonds. The summed E-state index contributed by atoms with van der Waals surface area (Å²) < 4.78 is 40.0. The second-order valence-electron chi connectivity index (χ2n) is 7.75. The van der Waals surface area contributed by atoms with Crippen LogP contribution in [-0.4, -0.2) is 57.3 Å². The maximum absolute atomic E-state index is 12.7. The predicted octanol–water partition coefficient (Wildman–Crippen LogP) is 3.50. The number of hydrogen-bond acceptors (Lipinski definition) is 4. The lowest BCUT2D eigenvalue weighted by molar-refractivity contribution is -0.137. The number of hydrogen-bond donors (Lipinski definition) is 1. The smallest absolute Gasteiger partial charge is 0.325 e. The molecule has 3 heterocycles. The van der Waals surface area contributed by atoms with Crippen molar-refractivity contribution in [3.8, 4) is 0 Å². The number of rotatable bonds is 5. The van der Waals surface area contributed by atoms with Gasteiger partial charge in [0.1, 0.15) is 5.65 Å². The Balaban J connectivity index is 1.28. The summed E-state index contributed by atoms with van der Waals surface area (Å²) in [5, 5.41) is 2.71. The number of benzene rings is 1. The highest BCUT2D eigenvalue weighted by Crippen LogP contribution is 2.29. The summed E-state index contributed by atoms with van der Waals surface area (Å²) in [6.45, 7) is 5.65. The monoisotopic (exact) mass is 431 g/mol. The van der Waals surface area contributed by atoms with E-state index in [9.17, 15) is 18.0 Å². The molecule has 1 N–H and O–H groups in total.